The lowest BCUT2D eigenvalue weighted by Gasteiger charge is -2.27. The molecule has 2 heterocycles. The predicted molar refractivity (Wildman–Crippen MR) is 109 cm³/mol. The third kappa shape index (κ3) is 2.87. The first-order valence-electron chi connectivity index (χ1n) is 9.58. The molecule has 0 aliphatic carbocycles. The molecule has 2 aliphatic rings. The van der Waals surface area contributed by atoms with Gasteiger partial charge in [0.05, 0.1) is 22.3 Å². The van der Waals surface area contributed by atoms with Crippen molar-refractivity contribution < 1.29 is 19.2 Å². The van der Waals surface area contributed by atoms with Crippen LogP contribution in [0.5, 0.6) is 0 Å². The van der Waals surface area contributed by atoms with Crippen molar-refractivity contribution >= 4 is 23.6 Å². The lowest BCUT2D eigenvalue weighted by molar-refractivity contribution is 0.0678. The number of carbonyl (C=O) groups is 4. The lowest BCUT2D eigenvalue weighted by atomic mass is 9.76. The maximum Gasteiger partial charge on any atom is 0.261 e. The molecular weight excluding hydrogens is 368 g/mol. The molecule has 0 atom stereocenters. The van der Waals surface area contributed by atoms with Crippen LogP contribution in [-0.2, 0) is 5.41 Å². The average molecular weight is 392 g/mol. The zero-order valence-electron chi connectivity index (χ0n) is 17.5. The van der Waals surface area contributed by atoms with Gasteiger partial charge in [-0.1, -0.05) is 39.8 Å². The van der Waals surface area contributed by atoms with Crippen molar-refractivity contribution in [1.29, 1.82) is 0 Å². The van der Waals surface area contributed by atoms with Crippen LogP contribution in [-0.4, -0.2) is 47.5 Å². The van der Waals surface area contributed by atoms with Gasteiger partial charge in [-0.05, 0) is 35.4 Å². The molecule has 4 amide bonds. The Morgan fingerprint density at radius 3 is 1.24 bits per heavy atom. The van der Waals surface area contributed by atoms with E-state index >= 15 is 0 Å². The van der Waals surface area contributed by atoms with Gasteiger partial charge in [-0.25, -0.2) is 0 Å². The average Bonchev–Trinajstić information content (AvgIpc) is 3.09. The van der Waals surface area contributed by atoms with Crippen molar-refractivity contribution in [3.8, 4) is 0 Å². The SMILES string of the molecule is CC.CN1C(=O)c2ccc(C(C)(C)c3ccc4c(c3)C(=O)N(C)C4=O)cc2C1=O. The third-order valence-electron chi connectivity index (χ3n) is 5.62. The minimum Gasteiger partial charge on any atom is -0.277 e. The van der Waals surface area contributed by atoms with Gasteiger partial charge >= 0.3 is 0 Å². The smallest absolute Gasteiger partial charge is 0.261 e. The zero-order valence-corrected chi connectivity index (χ0v) is 17.5. The molecule has 150 valence electrons. The second-order valence-electron chi connectivity index (χ2n) is 7.48. The van der Waals surface area contributed by atoms with Crippen LogP contribution in [0, 0.1) is 0 Å². The molecule has 2 aromatic rings. The summed E-state index contributed by atoms with van der Waals surface area (Å²) >= 11 is 0. The predicted octanol–water partition coefficient (Wildman–Crippen LogP) is 3.49. The lowest BCUT2D eigenvalue weighted by Crippen LogP contribution is -2.24. The van der Waals surface area contributed by atoms with E-state index in [1.54, 1.807) is 24.3 Å². The van der Waals surface area contributed by atoms with Crippen molar-refractivity contribution in [2.45, 2.75) is 33.1 Å². The number of nitrogens with zero attached hydrogens (tertiary/aromatic N) is 2. The first-order chi connectivity index (χ1) is 13.6. The largest absolute Gasteiger partial charge is 0.277 e. The van der Waals surface area contributed by atoms with E-state index < -0.39 is 5.41 Å². The molecule has 0 saturated carbocycles. The van der Waals surface area contributed by atoms with E-state index in [9.17, 15) is 19.2 Å². The van der Waals surface area contributed by atoms with Crippen molar-refractivity contribution in [3.63, 3.8) is 0 Å². The molecule has 0 unspecified atom stereocenters. The number of benzene rings is 2. The summed E-state index contributed by atoms with van der Waals surface area (Å²) in [6.45, 7) is 7.96. The topological polar surface area (TPSA) is 74.8 Å². The van der Waals surface area contributed by atoms with E-state index in [0.717, 1.165) is 20.9 Å². The highest BCUT2D eigenvalue weighted by atomic mass is 16.2. The van der Waals surface area contributed by atoms with Crippen LogP contribution in [0.1, 0.15) is 80.3 Å². The first kappa shape index (κ1) is 20.5. The first-order valence-corrected chi connectivity index (χ1v) is 9.58. The molecule has 29 heavy (non-hydrogen) atoms. The van der Waals surface area contributed by atoms with Gasteiger partial charge in [-0.2, -0.15) is 0 Å². The second-order valence-corrected chi connectivity index (χ2v) is 7.48. The minimum absolute atomic E-state index is 0.302. The molecule has 0 N–H and O–H groups in total. The summed E-state index contributed by atoms with van der Waals surface area (Å²) in [5.74, 6) is -1.24. The van der Waals surface area contributed by atoms with Crippen LogP contribution in [0.15, 0.2) is 36.4 Å². The second kappa shape index (κ2) is 6.95. The Morgan fingerprint density at radius 2 is 0.897 bits per heavy atom. The summed E-state index contributed by atoms with van der Waals surface area (Å²) in [4.78, 5) is 51.0. The van der Waals surface area contributed by atoms with Gasteiger partial charge in [-0.3, -0.25) is 29.0 Å². The van der Waals surface area contributed by atoms with Crippen molar-refractivity contribution in [2.24, 2.45) is 0 Å². The standard InChI is InChI=1S/C21H18N2O4.C2H6/c1-21(2,11-5-7-13-15(9-11)19(26)22(3)17(13)24)12-6-8-14-16(10-12)20(27)23(4)18(14)25;1-2/h5-10H,1-4H3;1-2H3. The Kier molecular flexibility index (Phi) is 4.91. The van der Waals surface area contributed by atoms with Crippen LogP contribution >= 0.6 is 0 Å². The van der Waals surface area contributed by atoms with E-state index in [1.807, 2.05) is 39.8 Å². The number of amides is 4. The molecule has 0 aromatic heterocycles. The maximum atomic E-state index is 12.3. The van der Waals surface area contributed by atoms with E-state index in [0.29, 0.717) is 22.3 Å². The molecule has 0 radical (unpaired) electrons. The van der Waals surface area contributed by atoms with Gasteiger partial charge in [0.1, 0.15) is 0 Å². The molecule has 6 nitrogen and oxygen atoms in total. The van der Waals surface area contributed by atoms with Crippen molar-refractivity contribution in [1.82, 2.24) is 9.80 Å². The molecular formula is C23H24N2O4. The number of imide groups is 2. The van der Waals surface area contributed by atoms with E-state index in [-0.39, 0.29) is 23.6 Å². The van der Waals surface area contributed by atoms with Gasteiger partial charge in [0, 0.05) is 19.5 Å². The van der Waals surface area contributed by atoms with Gasteiger partial charge in [0.2, 0.25) is 0 Å². The number of rotatable bonds is 2. The normalized spacial score (nSPS) is 15.4. The highest BCUT2D eigenvalue weighted by molar-refractivity contribution is 6.22. The van der Waals surface area contributed by atoms with Crippen LogP contribution in [0.4, 0.5) is 0 Å². The fourth-order valence-corrected chi connectivity index (χ4v) is 3.67. The minimum atomic E-state index is -0.529. The number of hydrogen-bond donors (Lipinski definition) is 0. The summed E-state index contributed by atoms with van der Waals surface area (Å²) in [5.41, 5.74) is 2.75. The Labute approximate surface area is 170 Å². The summed E-state index contributed by atoms with van der Waals surface area (Å²) < 4.78 is 0. The Morgan fingerprint density at radius 1 is 0.586 bits per heavy atom. The number of fused-ring (bicyclic) bond motifs is 2. The van der Waals surface area contributed by atoms with Crippen LogP contribution in [0.25, 0.3) is 0 Å². The van der Waals surface area contributed by atoms with E-state index in [1.165, 1.54) is 14.1 Å². The van der Waals surface area contributed by atoms with E-state index in [4.69, 9.17) is 0 Å². The zero-order chi connectivity index (χ0) is 21.7. The molecule has 0 saturated heterocycles. The van der Waals surface area contributed by atoms with Crippen LogP contribution in [0.3, 0.4) is 0 Å². The number of carbonyl (C=O) groups excluding carboxylic acids is 4. The highest BCUT2D eigenvalue weighted by Gasteiger charge is 2.37. The van der Waals surface area contributed by atoms with Gasteiger partial charge in [-0.15, -0.1) is 0 Å². The van der Waals surface area contributed by atoms with Crippen LogP contribution < -0.4 is 0 Å². The molecule has 2 aliphatic heterocycles. The Balaban J connectivity index is 0.00000117. The summed E-state index contributed by atoms with van der Waals surface area (Å²) in [6.07, 6.45) is 0. The van der Waals surface area contributed by atoms with Crippen molar-refractivity contribution in [2.75, 3.05) is 14.1 Å². The summed E-state index contributed by atoms with van der Waals surface area (Å²) in [7, 11) is 2.93. The summed E-state index contributed by atoms with van der Waals surface area (Å²) in [6, 6.07) is 10.5. The number of hydrogen-bond acceptors (Lipinski definition) is 4. The Hall–Kier alpha value is -3.28. The molecule has 4 rings (SSSR count). The third-order valence-corrected chi connectivity index (χ3v) is 5.62. The molecule has 0 spiro atoms. The summed E-state index contributed by atoms with van der Waals surface area (Å²) in [5, 5.41) is 0. The monoisotopic (exact) mass is 392 g/mol. The van der Waals surface area contributed by atoms with Gasteiger partial charge in [0.15, 0.2) is 0 Å². The highest BCUT2D eigenvalue weighted by Crippen LogP contribution is 2.36. The molecule has 6 heteroatoms. The molecule has 0 bridgehead atoms. The molecule has 2 aromatic carbocycles. The van der Waals surface area contributed by atoms with Crippen molar-refractivity contribution in [3.05, 3.63) is 69.8 Å². The maximum absolute atomic E-state index is 12.3. The quantitative estimate of drug-likeness (QED) is 0.733. The fraction of sp³-hybridized carbons (Fsp3) is 0.304. The van der Waals surface area contributed by atoms with Gasteiger partial charge in [0.25, 0.3) is 23.6 Å². The Bertz CT molecular complexity index is 985. The van der Waals surface area contributed by atoms with E-state index in [2.05, 4.69) is 0 Å². The fourth-order valence-electron chi connectivity index (χ4n) is 3.67. The molecule has 0 fully saturated rings. The van der Waals surface area contributed by atoms with Gasteiger partial charge < -0.3 is 0 Å². The van der Waals surface area contributed by atoms with Crippen LogP contribution in [0.2, 0.25) is 0 Å².